The van der Waals surface area contributed by atoms with Gasteiger partial charge in [-0.2, -0.15) is 0 Å². The second-order valence-electron chi connectivity index (χ2n) is 6.96. The first-order chi connectivity index (χ1) is 13.0. The lowest BCUT2D eigenvalue weighted by atomic mass is 10.1. The highest BCUT2D eigenvalue weighted by Gasteiger charge is 2.20. The van der Waals surface area contributed by atoms with E-state index >= 15 is 0 Å². The number of hydrogen-bond acceptors (Lipinski definition) is 3. The van der Waals surface area contributed by atoms with E-state index in [4.69, 9.17) is 4.74 Å². The molecule has 1 aliphatic rings. The molecular formula is C22H26N2O3. The maximum Gasteiger partial charge on any atom is 0.253 e. The van der Waals surface area contributed by atoms with Crippen molar-refractivity contribution in [3.05, 3.63) is 65.2 Å². The molecule has 5 nitrogen and oxygen atoms in total. The third-order valence-corrected chi connectivity index (χ3v) is 4.84. The molecule has 0 bridgehead atoms. The van der Waals surface area contributed by atoms with Gasteiger partial charge in [0.25, 0.3) is 5.91 Å². The van der Waals surface area contributed by atoms with Gasteiger partial charge < -0.3 is 14.5 Å². The fraction of sp³-hybridized carbons (Fsp3) is 0.364. The summed E-state index contributed by atoms with van der Waals surface area (Å²) in [5.74, 6) is 0.991. The molecule has 2 amide bonds. The summed E-state index contributed by atoms with van der Waals surface area (Å²) in [6, 6.07) is 15.4. The molecule has 0 spiro atoms. The molecular weight excluding hydrogens is 340 g/mol. The van der Waals surface area contributed by atoms with E-state index in [1.54, 1.807) is 11.9 Å². The van der Waals surface area contributed by atoms with Crippen LogP contribution in [0.3, 0.4) is 0 Å². The number of benzene rings is 2. The van der Waals surface area contributed by atoms with Crippen LogP contribution in [0, 0.1) is 6.92 Å². The molecule has 2 aromatic carbocycles. The van der Waals surface area contributed by atoms with Crippen molar-refractivity contribution in [2.75, 3.05) is 26.7 Å². The van der Waals surface area contributed by atoms with Gasteiger partial charge in [-0.15, -0.1) is 0 Å². The molecule has 142 valence electrons. The van der Waals surface area contributed by atoms with Gasteiger partial charge in [-0.25, -0.2) is 0 Å². The Morgan fingerprint density at radius 2 is 2.00 bits per heavy atom. The number of likely N-dealkylation sites (tertiary alicyclic amines) is 1. The minimum atomic E-state index is -0.0435. The molecule has 27 heavy (non-hydrogen) atoms. The molecule has 0 aromatic heterocycles. The second kappa shape index (κ2) is 8.71. The number of amides is 2. The SMILES string of the molecule is Cc1ccccc1OCCN(C)C(=O)c1cccc(CN2CCCC2=O)c1. The van der Waals surface area contributed by atoms with Gasteiger partial charge in [0.05, 0.1) is 6.54 Å². The topological polar surface area (TPSA) is 49.9 Å². The van der Waals surface area contributed by atoms with Crippen molar-refractivity contribution in [1.29, 1.82) is 0 Å². The fourth-order valence-corrected chi connectivity index (χ4v) is 3.23. The van der Waals surface area contributed by atoms with Crippen LogP contribution in [0.25, 0.3) is 0 Å². The van der Waals surface area contributed by atoms with E-state index in [0.717, 1.165) is 29.8 Å². The second-order valence-corrected chi connectivity index (χ2v) is 6.96. The van der Waals surface area contributed by atoms with E-state index in [-0.39, 0.29) is 11.8 Å². The number of likely N-dealkylation sites (N-methyl/N-ethyl adjacent to an activating group) is 1. The number of carbonyl (C=O) groups is 2. The summed E-state index contributed by atoms with van der Waals surface area (Å²) in [7, 11) is 1.78. The van der Waals surface area contributed by atoms with E-state index in [1.165, 1.54) is 0 Å². The standard InChI is InChI=1S/C22H26N2O3/c1-17-7-3-4-10-20(17)27-14-13-23(2)22(26)19-9-5-8-18(15-19)16-24-12-6-11-21(24)25/h3-5,7-10,15H,6,11-14,16H2,1-2H3. The molecule has 1 saturated heterocycles. The Hall–Kier alpha value is -2.82. The third-order valence-electron chi connectivity index (χ3n) is 4.84. The van der Waals surface area contributed by atoms with Crippen molar-refractivity contribution < 1.29 is 14.3 Å². The Balaban J connectivity index is 1.55. The molecule has 0 N–H and O–H groups in total. The number of rotatable bonds is 7. The van der Waals surface area contributed by atoms with E-state index < -0.39 is 0 Å². The summed E-state index contributed by atoms with van der Waals surface area (Å²) in [4.78, 5) is 28.0. The zero-order valence-electron chi connectivity index (χ0n) is 16.0. The first kappa shape index (κ1) is 19.0. The van der Waals surface area contributed by atoms with Gasteiger partial charge in [-0.3, -0.25) is 9.59 Å². The van der Waals surface area contributed by atoms with Crippen LogP contribution < -0.4 is 4.74 Å². The van der Waals surface area contributed by atoms with Gasteiger partial charge in [0.1, 0.15) is 12.4 Å². The fourth-order valence-electron chi connectivity index (χ4n) is 3.23. The van der Waals surface area contributed by atoms with Gasteiger partial charge in [-0.1, -0.05) is 30.3 Å². The summed E-state index contributed by atoms with van der Waals surface area (Å²) < 4.78 is 5.78. The Kier molecular flexibility index (Phi) is 6.12. The number of hydrogen-bond donors (Lipinski definition) is 0. The third kappa shape index (κ3) is 4.88. The van der Waals surface area contributed by atoms with Gasteiger partial charge >= 0.3 is 0 Å². The van der Waals surface area contributed by atoms with Gasteiger partial charge in [0.15, 0.2) is 0 Å². The molecule has 0 atom stereocenters. The van der Waals surface area contributed by atoms with Gasteiger partial charge in [-0.05, 0) is 42.7 Å². The first-order valence-corrected chi connectivity index (χ1v) is 9.35. The Labute approximate surface area is 160 Å². The normalized spacial score (nSPS) is 13.7. The quantitative estimate of drug-likeness (QED) is 0.756. The maximum absolute atomic E-state index is 12.7. The smallest absolute Gasteiger partial charge is 0.253 e. The van der Waals surface area contributed by atoms with Crippen molar-refractivity contribution >= 4 is 11.8 Å². The number of para-hydroxylation sites is 1. The predicted octanol–water partition coefficient (Wildman–Crippen LogP) is 3.27. The maximum atomic E-state index is 12.7. The van der Waals surface area contributed by atoms with Crippen molar-refractivity contribution in [1.82, 2.24) is 9.80 Å². The highest BCUT2D eigenvalue weighted by molar-refractivity contribution is 5.94. The molecule has 2 aromatic rings. The van der Waals surface area contributed by atoms with Crippen LogP contribution in [-0.4, -0.2) is 48.4 Å². The van der Waals surface area contributed by atoms with E-state index in [1.807, 2.05) is 60.4 Å². The van der Waals surface area contributed by atoms with Crippen LogP contribution in [-0.2, 0) is 11.3 Å². The average molecular weight is 366 g/mol. The van der Waals surface area contributed by atoms with E-state index in [9.17, 15) is 9.59 Å². The zero-order chi connectivity index (χ0) is 19.2. The summed E-state index contributed by atoms with van der Waals surface area (Å²) >= 11 is 0. The molecule has 1 aliphatic heterocycles. The van der Waals surface area contributed by atoms with E-state index in [2.05, 4.69) is 0 Å². The minimum absolute atomic E-state index is 0.0435. The summed E-state index contributed by atoms with van der Waals surface area (Å²) in [5.41, 5.74) is 2.70. The minimum Gasteiger partial charge on any atom is -0.491 e. The lowest BCUT2D eigenvalue weighted by Gasteiger charge is -2.19. The van der Waals surface area contributed by atoms with Crippen molar-refractivity contribution in [3.63, 3.8) is 0 Å². The van der Waals surface area contributed by atoms with Gasteiger partial charge in [0.2, 0.25) is 5.91 Å². The predicted molar refractivity (Wildman–Crippen MR) is 105 cm³/mol. The summed E-state index contributed by atoms with van der Waals surface area (Å²) in [6.45, 7) is 4.31. The van der Waals surface area contributed by atoms with Crippen LogP contribution in [0.5, 0.6) is 5.75 Å². The number of ether oxygens (including phenoxy) is 1. The molecule has 1 heterocycles. The van der Waals surface area contributed by atoms with Crippen molar-refractivity contribution in [3.8, 4) is 5.75 Å². The van der Waals surface area contributed by atoms with E-state index in [0.29, 0.717) is 31.7 Å². The zero-order valence-corrected chi connectivity index (χ0v) is 16.0. The largest absolute Gasteiger partial charge is 0.491 e. The van der Waals surface area contributed by atoms with Crippen LogP contribution in [0.1, 0.15) is 34.3 Å². The Morgan fingerprint density at radius 1 is 1.19 bits per heavy atom. The Bertz CT molecular complexity index is 819. The number of nitrogens with zero attached hydrogens (tertiary/aromatic N) is 2. The van der Waals surface area contributed by atoms with Crippen molar-refractivity contribution in [2.45, 2.75) is 26.3 Å². The van der Waals surface area contributed by atoms with Crippen LogP contribution in [0.15, 0.2) is 48.5 Å². The number of aryl methyl sites for hydroxylation is 1. The first-order valence-electron chi connectivity index (χ1n) is 9.35. The Morgan fingerprint density at radius 3 is 2.74 bits per heavy atom. The summed E-state index contributed by atoms with van der Waals surface area (Å²) in [6.07, 6.45) is 1.54. The highest BCUT2D eigenvalue weighted by Crippen LogP contribution is 2.17. The molecule has 1 fully saturated rings. The lowest BCUT2D eigenvalue weighted by molar-refractivity contribution is -0.128. The van der Waals surface area contributed by atoms with Crippen LogP contribution in [0.2, 0.25) is 0 Å². The molecule has 0 unspecified atom stereocenters. The monoisotopic (exact) mass is 366 g/mol. The lowest BCUT2D eigenvalue weighted by Crippen LogP contribution is -2.31. The number of carbonyl (C=O) groups excluding carboxylic acids is 2. The highest BCUT2D eigenvalue weighted by atomic mass is 16.5. The van der Waals surface area contributed by atoms with Crippen molar-refractivity contribution in [2.24, 2.45) is 0 Å². The molecule has 0 aliphatic carbocycles. The molecule has 3 rings (SSSR count). The van der Waals surface area contributed by atoms with Crippen LogP contribution >= 0.6 is 0 Å². The van der Waals surface area contributed by atoms with Gasteiger partial charge in [0, 0.05) is 32.1 Å². The average Bonchev–Trinajstić information content (AvgIpc) is 3.07. The molecule has 0 saturated carbocycles. The molecule has 0 radical (unpaired) electrons. The summed E-state index contributed by atoms with van der Waals surface area (Å²) in [5, 5.41) is 0. The van der Waals surface area contributed by atoms with Crippen LogP contribution in [0.4, 0.5) is 0 Å². The molecule has 5 heteroatoms.